The van der Waals surface area contributed by atoms with Gasteiger partial charge in [-0.15, -0.1) is 10.2 Å². The molecule has 1 aromatic carbocycles. The van der Waals surface area contributed by atoms with Gasteiger partial charge in [0.05, 0.1) is 4.92 Å². The molecule has 0 bridgehead atoms. The fourth-order valence-corrected chi connectivity index (χ4v) is 3.45. The van der Waals surface area contributed by atoms with Gasteiger partial charge in [-0.05, 0) is 18.6 Å². The highest BCUT2D eigenvalue weighted by atomic mass is 35.5. The van der Waals surface area contributed by atoms with Crippen LogP contribution in [0.3, 0.4) is 0 Å². The molecule has 1 aromatic heterocycles. The molecule has 0 fully saturated rings. The Balaban J connectivity index is 1.85. The van der Waals surface area contributed by atoms with Gasteiger partial charge in [-0.25, -0.2) is 0 Å². The summed E-state index contributed by atoms with van der Waals surface area (Å²) in [6.07, 6.45) is 8.10. The van der Waals surface area contributed by atoms with Crippen LogP contribution in [0.4, 0.5) is 10.8 Å². The number of nitro benzene ring substituents is 1. The molecule has 1 heterocycles. The van der Waals surface area contributed by atoms with E-state index in [1.807, 2.05) is 0 Å². The summed E-state index contributed by atoms with van der Waals surface area (Å²) < 4.78 is 0. The summed E-state index contributed by atoms with van der Waals surface area (Å²) >= 11 is 7.17. The van der Waals surface area contributed by atoms with Crippen LogP contribution in [-0.4, -0.2) is 21.0 Å². The predicted octanol–water partition coefficient (Wildman–Crippen LogP) is 5.26. The van der Waals surface area contributed by atoms with E-state index in [1.165, 1.54) is 61.6 Å². The number of carbonyl (C=O) groups excluding carboxylic acids is 1. The van der Waals surface area contributed by atoms with Crippen LogP contribution in [0, 0.1) is 10.1 Å². The standard InChI is InChI=1S/C17H21ClN4O3S/c1-2-3-4-5-6-7-8-15-20-21-17(26-15)19-16(23)12-9-10-14(22(24)25)13(18)11-12/h9-11H,2-8H2,1H3,(H,19,21,23). The van der Waals surface area contributed by atoms with Crippen LogP contribution in [0.2, 0.25) is 5.02 Å². The highest BCUT2D eigenvalue weighted by Gasteiger charge is 2.16. The largest absolute Gasteiger partial charge is 0.296 e. The molecule has 0 atom stereocenters. The van der Waals surface area contributed by atoms with Crippen LogP contribution in [0.15, 0.2) is 18.2 Å². The molecule has 1 amide bonds. The SMILES string of the molecule is CCCCCCCCc1nnc(NC(=O)c2ccc([N+](=O)[O-])c(Cl)c2)s1. The number of rotatable bonds is 10. The summed E-state index contributed by atoms with van der Waals surface area (Å²) in [5, 5.41) is 22.7. The number of hydrogen-bond donors (Lipinski definition) is 1. The van der Waals surface area contributed by atoms with Crippen LogP contribution in [0.5, 0.6) is 0 Å². The van der Waals surface area contributed by atoms with E-state index in [-0.39, 0.29) is 16.3 Å². The second kappa shape index (κ2) is 10.2. The van der Waals surface area contributed by atoms with Gasteiger partial charge in [0.1, 0.15) is 10.0 Å². The second-order valence-electron chi connectivity index (χ2n) is 5.90. The fraction of sp³-hybridized carbons (Fsp3) is 0.471. The first-order valence-corrected chi connectivity index (χ1v) is 9.78. The van der Waals surface area contributed by atoms with Crippen molar-refractivity contribution in [3.63, 3.8) is 0 Å². The van der Waals surface area contributed by atoms with Gasteiger partial charge in [0.2, 0.25) is 5.13 Å². The van der Waals surface area contributed by atoms with Gasteiger partial charge < -0.3 is 0 Å². The molecular formula is C17H21ClN4O3S. The van der Waals surface area contributed by atoms with Crippen molar-refractivity contribution in [2.24, 2.45) is 0 Å². The zero-order valence-electron chi connectivity index (χ0n) is 14.5. The molecule has 7 nitrogen and oxygen atoms in total. The van der Waals surface area contributed by atoms with Crippen LogP contribution in [0.1, 0.15) is 60.8 Å². The first-order valence-electron chi connectivity index (χ1n) is 8.59. The lowest BCUT2D eigenvalue weighted by Crippen LogP contribution is -2.11. The van der Waals surface area contributed by atoms with Gasteiger partial charge in [-0.2, -0.15) is 0 Å². The van der Waals surface area contributed by atoms with Crippen molar-refractivity contribution >= 4 is 39.7 Å². The summed E-state index contributed by atoms with van der Waals surface area (Å²) in [5.41, 5.74) is -0.00590. The van der Waals surface area contributed by atoms with Crippen molar-refractivity contribution in [3.05, 3.63) is 43.9 Å². The quantitative estimate of drug-likeness (QED) is 0.335. The number of halogens is 1. The molecule has 0 radical (unpaired) electrons. The molecule has 140 valence electrons. The van der Waals surface area contributed by atoms with E-state index >= 15 is 0 Å². The molecule has 0 unspecified atom stereocenters. The predicted molar refractivity (Wildman–Crippen MR) is 103 cm³/mol. The number of aromatic nitrogens is 2. The number of nitro groups is 1. The first-order chi connectivity index (χ1) is 12.5. The monoisotopic (exact) mass is 396 g/mol. The lowest BCUT2D eigenvalue weighted by atomic mass is 10.1. The number of amides is 1. The number of carbonyl (C=O) groups is 1. The van der Waals surface area contributed by atoms with Crippen molar-refractivity contribution in [2.75, 3.05) is 5.32 Å². The number of nitrogens with zero attached hydrogens (tertiary/aromatic N) is 3. The zero-order chi connectivity index (χ0) is 18.9. The number of aryl methyl sites for hydroxylation is 1. The van der Waals surface area contributed by atoms with Gasteiger partial charge in [0, 0.05) is 18.1 Å². The molecule has 2 aromatic rings. The van der Waals surface area contributed by atoms with Crippen molar-refractivity contribution < 1.29 is 9.72 Å². The summed E-state index contributed by atoms with van der Waals surface area (Å²) in [5.74, 6) is -0.427. The molecule has 0 saturated heterocycles. The summed E-state index contributed by atoms with van der Waals surface area (Å²) in [4.78, 5) is 22.4. The zero-order valence-corrected chi connectivity index (χ0v) is 16.1. The van der Waals surface area contributed by atoms with E-state index in [0.29, 0.717) is 5.13 Å². The number of benzene rings is 1. The van der Waals surface area contributed by atoms with E-state index in [1.54, 1.807) is 0 Å². The number of unbranched alkanes of at least 4 members (excludes halogenated alkanes) is 5. The lowest BCUT2D eigenvalue weighted by Gasteiger charge is -2.02. The molecule has 2 rings (SSSR count). The Hall–Kier alpha value is -2.06. The Kier molecular flexibility index (Phi) is 7.93. The Morgan fingerprint density at radius 1 is 1.23 bits per heavy atom. The Labute approximate surface area is 160 Å². The van der Waals surface area contributed by atoms with Crippen LogP contribution in [-0.2, 0) is 6.42 Å². The molecule has 9 heteroatoms. The van der Waals surface area contributed by atoms with Gasteiger partial charge >= 0.3 is 0 Å². The summed E-state index contributed by atoms with van der Waals surface area (Å²) in [6, 6.07) is 3.84. The maximum Gasteiger partial charge on any atom is 0.287 e. The Bertz CT molecular complexity index is 766. The fourth-order valence-electron chi connectivity index (χ4n) is 2.43. The summed E-state index contributed by atoms with van der Waals surface area (Å²) in [7, 11) is 0. The van der Waals surface area contributed by atoms with E-state index in [2.05, 4.69) is 22.4 Å². The highest BCUT2D eigenvalue weighted by Crippen LogP contribution is 2.26. The molecule has 0 aliphatic heterocycles. The molecule has 0 aliphatic rings. The maximum absolute atomic E-state index is 12.2. The van der Waals surface area contributed by atoms with Crippen molar-refractivity contribution in [1.82, 2.24) is 10.2 Å². The number of nitrogens with one attached hydrogen (secondary N) is 1. The normalized spacial score (nSPS) is 10.7. The minimum absolute atomic E-state index is 0.0799. The van der Waals surface area contributed by atoms with Crippen molar-refractivity contribution in [1.29, 1.82) is 0 Å². The molecular weight excluding hydrogens is 376 g/mol. The number of anilines is 1. The molecule has 0 spiro atoms. The van der Waals surface area contributed by atoms with Crippen molar-refractivity contribution in [3.8, 4) is 0 Å². The molecule has 26 heavy (non-hydrogen) atoms. The average Bonchev–Trinajstić information content (AvgIpc) is 3.04. The Morgan fingerprint density at radius 3 is 2.65 bits per heavy atom. The maximum atomic E-state index is 12.2. The van der Waals surface area contributed by atoms with Gasteiger partial charge in [-0.1, -0.05) is 62.0 Å². The highest BCUT2D eigenvalue weighted by molar-refractivity contribution is 7.15. The third kappa shape index (κ3) is 6.03. The average molecular weight is 397 g/mol. The molecule has 0 saturated carbocycles. The third-order valence-corrected chi connectivity index (χ3v) is 5.04. The number of hydrogen-bond acceptors (Lipinski definition) is 6. The first kappa shape index (κ1) is 20.3. The molecule has 1 N–H and O–H groups in total. The second-order valence-corrected chi connectivity index (χ2v) is 7.37. The van der Waals surface area contributed by atoms with Gasteiger partial charge in [0.15, 0.2) is 0 Å². The topological polar surface area (TPSA) is 98.0 Å². The summed E-state index contributed by atoms with van der Waals surface area (Å²) in [6.45, 7) is 2.20. The van der Waals surface area contributed by atoms with Gasteiger partial charge in [-0.3, -0.25) is 20.2 Å². The lowest BCUT2D eigenvalue weighted by molar-refractivity contribution is -0.384. The Morgan fingerprint density at radius 2 is 1.96 bits per heavy atom. The van der Waals surface area contributed by atoms with Crippen LogP contribution in [0.25, 0.3) is 0 Å². The van der Waals surface area contributed by atoms with E-state index in [9.17, 15) is 14.9 Å². The van der Waals surface area contributed by atoms with Crippen LogP contribution >= 0.6 is 22.9 Å². The minimum atomic E-state index is -0.594. The minimum Gasteiger partial charge on any atom is -0.296 e. The van der Waals surface area contributed by atoms with Crippen molar-refractivity contribution in [2.45, 2.75) is 51.9 Å². The molecule has 0 aliphatic carbocycles. The smallest absolute Gasteiger partial charge is 0.287 e. The van der Waals surface area contributed by atoms with Gasteiger partial charge in [0.25, 0.3) is 11.6 Å². The van der Waals surface area contributed by atoms with E-state index in [4.69, 9.17) is 11.6 Å². The van der Waals surface area contributed by atoms with E-state index in [0.717, 1.165) is 17.8 Å². The van der Waals surface area contributed by atoms with Crippen LogP contribution < -0.4 is 5.32 Å². The van der Waals surface area contributed by atoms with E-state index < -0.39 is 10.8 Å². The third-order valence-electron chi connectivity index (χ3n) is 3.84.